The number of hydrogen-bond acceptors (Lipinski definition) is 4. The highest BCUT2D eigenvalue weighted by Gasteiger charge is 2.24. The van der Waals surface area contributed by atoms with Gasteiger partial charge >= 0.3 is 0 Å². The van der Waals surface area contributed by atoms with Crippen LogP contribution in [0.4, 0.5) is 11.5 Å². The fourth-order valence-corrected chi connectivity index (χ4v) is 3.88. The van der Waals surface area contributed by atoms with E-state index in [-0.39, 0.29) is 23.4 Å². The molecule has 0 saturated heterocycles. The average molecular weight is 377 g/mol. The maximum absolute atomic E-state index is 12.9. The quantitative estimate of drug-likeness (QED) is 0.732. The number of anilines is 2. The molecule has 0 fully saturated rings. The Hall–Kier alpha value is -2.61. The number of nitrogens with zero attached hydrogens (tertiary/aromatic N) is 1. The number of aromatic amines is 1. The first-order valence-corrected chi connectivity index (χ1v) is 9.91. The fourth-order valence-electron chi connectivity index (χ4n) is 2.44. The van der Waals surface area contributed by atoms with E-state index in [1.807, 2.05) is 19.9 Å². The molecule has 0 atom stereocenters. The van der Waals surface area contributed by atoms with Gasteiger partial charge in [-0.05, 0) is 39.0 Å². The molecular formula is C18H25N4O3S+. The van der Waals surface area contributed by atoms with Crippen LogP contribution in [0, 0.1) is 0 Å². The second-order valence-corrected chi connectivity index (χ2v) is 7.88. The number of rotatable bonds is 8. The van der Waals surface area contributed by atoms with Crippen molar-refractivity contribution in [3.63, 3.8) is 0 Å². The Kier molecular flexibility index (Phi) is 6.57. The van der Waals surface area contributed by atoms with Crippen molar-refractivity contribution in [1.82, 2.24) is 5.32 Å². The van der Waals surface area contributed by atoms with Crippen molar-refractivity contribution < 1.29 is 18.2 Å². The number of hydrogen-bond donors (Lipinski definition) is 2. The van der Waals surface area contributed by atoms with E-state index in [4.69, 9.17) is 0 Å². The summed E-state index contributed by atoms with van der Waals surface area (Å²) < 4.78 is 27.1. The maximum atomic E-state index is 12.9. The van der Waals surface area contributed by atoms with Gasteiger partial charge in [-0.15, -0.1) is 0 Å². The largest absolute Gasteiger partial charge is 0.351 e. The molecule has 0 unspecified atom stereocenters. The molecule has 0 aliphatic heterocycles. The van der Waals surface area contributed by atoms with Gasteiger partial charge in [0, 0.05) is 18.7 Å². The number of carbonyl (C=O) groups is 1. The highest BCUT2D eigenvalue weighted by Crippen LogP contribution is 2.22. The Morgan fingerprint density at radius 3 is 2.38 bits per heavy atom. The molecule has 0 aliphatic carbocycles. The molecule has 0 bridgehead atoms. The standard InChI is InChI=1S/C18H24N4O3S/c1-4-22(15-8-6-5-7-9-15)26(24,25)16-10-11-17(19-12-16)20-13-18(23)21-14(2)3/h5-12,14H,4,13H2,1-3H3,(H,19,20)(H,21,23)/p+1. The number of benzene rings is 1. The van der Waals surface area contributed by atoms with Gasteiger partial charge in [-0.2, -0.15) is 0 Å². The molecule has 0 spiro atoms. The zero-order valence-electron chi connectivity index (χ0n) is 15.2. The predicted octanol–water partition coefficient (Wildman–Crippen LogP) is 1.65. The van der Waals surface area contributed by atoms with Crippen LogP contribution in [-0.4, -0.2) is 33.5 Å². The van der Waals surface area contributed by atoms with Gasteiger partial charge in [-0.1, -0.05) is 18.2 Å². The number of H-pyrrole nitrogens is 1. The Morgan fingerprint density at radius 1 is 1.15 bits per heavy atom. The lowest BCUT2D eigenvalue weighted by molar-refractivity contribution is -0.364. The van der Waals surface area contributed by atoms with Crippen LogP contribution in [0.3, 0.4) is 0 Å². The summed E-state index contributed by atoms with van der Waals surface area (Å²) >= 11 is 0. The van der Waals surface area contributed by atoms with Crippen LogP contribution in [0.5, 0.6) is 0 Å². The number of amides is 1. The maximum Gasteiger partial charge on any atom is 0.272 e. The summed E-state index contributed by atoms with van der Waals surface area (Å²) in [5.41, 5.74) is 0.613. The molecule has 1 aromatic carbocycles. The van der Waals surface area contributed by atoms with E-state index in [0.29, 0.717) is 18.1 Å². The minimum atomic E-state index is -3.67. The molecule has 1 amide bonds. The highest BCUT2D eigenvalue weighted by atomic mass is 32.2. The summed E-state index contributed by atoms with van der Waals surface area (Å²) in [5.74, 6) is 0.428. The lowest BCUT2D eigenvalue weighted by Crippen LogP contribution is -2.35. The normalized spacial score (nSPS) is 11.2. The first-order valence-electron chi connectivity index (χ1n) is 8.47. The minimum absolute atomic E-state index is 0.0683. The van der Waals surface area contributed by atoms with E-state index < -0.39 is 10.0 Å². The second-order valence-electron chi connectivity index (χ2n) is 6.02. The highest BCUT2D eigenvalue weighted by molar-refractivity contribution is 7.92. The smallest absolute Gasteiger partial charge is 0.272 e. The summed E-state index contributed by atoms with van der Waals surface area (Å²) in [4.78, 5) is 14.7. The zero-order chi connectivity index (χ0) is 19.2. The summed E-state index contributed by atoms with van der Waals surface area (Å²) in [6.45, 7) is 5.98. The lowest BCUT2D eigenvalue weighted by atomic mass is 10.3. The van der Waals surface area contributed by atoms with Gasteiger partial charge in [0.05, 0.1) is 5.69 Å². The number of carbonyl (C=O) groups excluding carboxylic acids is 1. The summed E-state index contributed by atoms with van der Waals surface area (Å²) in [5, 5.41) is 5.70. The molecule has 7 nitrogen and oxygen atoms in total. The van der Waals surface area contributed by atoms with Gasteiger partial charge in [-0.3, -0.25) is 14.4 Å². The van der Waals surface area contributed by atoms with Crippen molar-refractivity contribution in [3.8, 4) is 0 Å². The van der Waals surface area contributed by atoms with Crippen LogP contribution < -0.4 is 19.9 Å². The fraction of sp³-hybridized carbons (Fsp3) is 0.333. The molecule has 26 heavy (non-hydrogen) atoms. The molecule has 1 heterocycles. The van der Waals surface area contributed by atoms with Crippen LogP contribution in [-0.2, 0) is 14.8 Å². The molecule has 0 aliphatic rings. The molecular weight excluding hydrogens is 352 g/mol. The molecule has 140 valence electrons. The molecule has 8 heteroatoms. The number of pyridine rings is 1. The molecule has 3 N–H and O–H groups in total. The Balaban J connectivity index is 2.12. The summed E-state index contributed by atoms with van der Waals surface area (Å²) in [7, 11) is -3.67. The van der Waals surface area contributed by atoms with Crippen LogP contribution in [0.1, 0.15) is 20.8 Å². The van der Waals surface area contributed by atoms with Crippen molar-refractivity contribution in [1.29, 1.82) is 0 Å². The third-order valence-corrected chi connectivity index (χ3v) is 5.49. The third kappa shape index (κ3) is 4.95. The van der Waals surface area contributed by atoms with E-state index in [2.05, 4.69) is 15.6 Å². The molecule has 0 radical (unpaired) electrons. The van der Waals surface area contributed by atoms with E-state index in [9.17, 15) is 13.2 Å². The van der Waals surface area contributed by atoms with E-state index in [0.717, 1.165) is 0 Å². The Labute approximate surface area is 154 Å². The Bertz CT molecular complexity index is 821. The van der Waals surface area contributed by atoms with Crippen molar-refractivity contribution >= 4 is 27.4 Å². The van der Waals surface area contributed by atoms with Gasteiger partial charge in [0.25, 0.3) is 21.7 Å². The van der Waals surface area contributed by atoms with Gasteiger partial charge in [0.1, 0.15) is 11.1 Å². The molecule has 1 aromatic heterocycles. The third-order valence-electron chi connectivity index (χ3n) is 3.59. The first kappa shape index (κ1) is 19.7. The van der Waals surface area contributed by atoms with Crippen LogP contribution in [0.2, 0.25) is 0 Å². The number of nitrogens with one attached hydrogen (secondary N) is 3. The SMILES string of the molecule is CCN(c1ccccc1)S(=O)(=O)c1ccc(NCC(=O)NC(C)C)[nH+]c1. The van der Waals surface area contributed by atoms with E-state index in [1.165, 1.54) is 16.6 Å². The average Bonchev–Trinajstić information content (AvgIpc) is 2.61. The summed E-state index contributed by atoms with van der Waals surface area (Å²) in [6, 6.07) is 12.1. The lowest BCUT2D eigenvalue weighted by Gasteiger charge is -2.22. The molecule has 2 aromatic rings. The number of sulfonamides is 1. The Morgan fingerprint density at radius 2 is 1.85 bits per heavy atom. The second kappa shape index (κ2) is 8.66. The van der Waals surface area contributed by atoms with Gasteiger partial charge in [0.15, 0.2) is 6.54 Å². The van der Waals surface area contributed by atoms with Crippen molar-refractivity contribution in [2.24, 2.45) is 0 Å². The van der Waals surface area contributed by atoms with Crippen molar-refractivity contribution in [3.05, 3.63) is 48.7 Å². The predicted molar refractivity (Wildman–Crippen MR) is 101 cm³/mol. The van der Waals surface area contributed by atoms with Gasteiger partial charge in [0.2, 0.25) is 0 Å². The van der Waals surface area contributed by atoms with Crippen LogP contribution in [0.15, 0.2) is 53.6 Å². The topological polar surface area (TPSA) is 92.7 Å². The van der Waals surface area contributed by atoms with Crippen LogP contribution >= 0.6 is 0 Å². The molecule has 2 rings (SSSR count). The minimum Gasteiger partial charge on any atom is -0.351 e. The van der Waals surface area contributed by atoms with E-state index >= 15 is 0 Å². The zero-order valence-corrected chi connectivity index (χ0v) is 16.0. The van der Waals surface area contributed by atoms with Gasteiger partial charge in [-0.25, -0.2) is 13.4 Å². The first-order chi connectivity index (χ1) is 12.3. The molecule has 0 saturated carbocycles. The monoisotopic (exact) mass is 377 g/mol. The van der Waals surface area contributed by atoms with E-state index in [1.54, 1.807) is 37.3 Å². The van der Waals surface area contributed by atoms with Crippen molar-refractivity contribution in [2.45, 2.75) is 31.7 Å². The number of aromatic nitrogens is 1. The summed E-state index contributed by atoms with van der Waals surface area (Å²) in [6.07, 6.45) is 1.42. The number of para-hydroxylation sites is 1. The van der Waals surface area contributed by atoms with Gasteiger partial charge < -0.3 is 5.32 Å². The van der Waals surface area contributed by atoms with Crippen LogP contribution in [0.25, 0.3) is 0 Å². The van der Waals surface area contributed by atoms with Crippen molar-refractivity contribution in [2.75, 3.05) is 22.7 Å².